The van der Waals surface area contributed by atoms with Gasteiger partial charge < -0.3 is 10.1 Å². The summed E-state index contributed by atoms with van der Waals surface area (Å²) in [6, 6.07) is 19.8. The monoisotopic (exact) mass is 380 g/mol. The number of hydrogen-bond acceptors (Lipinski definition) is 3. The summed E-state index contributed by atoms with van der Waals surface area (Å²) in [5.41, 5.74) is 2.65. The van der Waals surface area contributed by atoms with Crippen molar-refractivity contribution in [3.8, 4) is 0 Å². The molecule has 0 spiro atoms. The largest absolute Gasteiger partial charge is 0.395 e. The Kier molecular flexibility index (Phi) is 3.17. The van der Waals surface area contributed by atoms with Crippen LogP contribution in [-0.4, -0.2) is 40.0 Å². The van der Waals surface area contributed by atoms with Crippen LogP contribution in [0.4, 0.5) is 0 Å². The maximum Gasteiger partial charge on any atom is 0.262 e. The van der Waals surface area contributed by atoms with Crippen LogP contribution in [0.3, 0.4) is 0 Å². The zero-order valence-corrected chi connectivity index (χ0v) is 15.4. The molecule has 140 valence electrons. The Morgan fingerprint density at radius 3 is 2.24 bits per heavy atom. The Balaban J connectivity index is 1.92. The van der Waals surface area contributed by atoms with Crippen molar-refractivity contribution in [3.05, 3.63) is 71.8 Å². The third kappa shape index (κ3) is 1.97. The van der Waals surface area contributed by atoms with Crippen LogP contribution in [-0.2, 0) is 0 Å². The fourth-order valence-corrected chi connectivity index (χ4v) is 4.70. The molecule has 0 saturated heterocycles. The number of aliphatic hydroxyl groups is 1. The van der Waals surface area contributed by atoms with E-state index in [9.17, 15) is 14.7 Å². The number of aromatic amines is 1. The molecule has 1 aliphatic rings. The van der Waals surface area contributed by atoms with Crippen molar-refractivity contribution in [3.63, 3.8) is 0 Å². The van der Waals surface area contributed by atoms with E-state index in [1.165, 1.54) is 0 Å². The first-order valence-electron chi connectivity index (χ1n) is 9.55. The van der Waals surface area contributed by atoms with Crippen LogP contribution in [0.1, 0.15) is 20.7 Å². The van der Waals surface area contributed by atoms with Gasteiger partial charge in [0, 0.05) is 27.1 Å². The molecule has 0 fully saturated rings. The van der Waals surface area contributed by atoms with E-state index in [1.807, 2.05) is 60.7 Å². The van der Waals surface area contributed by atoms with Crippen LogP contribution < -0.4 is 0 Å². The predicted molar refractivity (Wildman–Crippen MR) is 113 cm³/mol. The van der Waals surface area contributed by atoms with Gasteiger partial charge >= 0.3 is 0 Å². The average molecular weight is 380 g/mol. The van der Waals surface area contributed by atoms with Gasteiger partial charge in [0.1, 0.15) is 0 Å². The maximum atomic E-state index is 13.3. The zero-order valence-electron chi connectivity index (χ0n) is 15.4. The van der Waals surface area contributed by atoms with Crippen molar-refractivity contribution >= 4 is 55.2 Å². The SMILES string of the molecule is O=C1c2c(c3c4ccccc4[nH]c3c3ccc4ccccc4c23)C(=O)N1CCO. The summed E-state index contributed by atoms with van der Waals surface area (Å²) >= 11 is 0. The molecular weight excluding hydrogens is 364 g/mol. The van der Waals surface area contributed by atoms with Gasteiger partial charge in [0.2, 0.25) is 0 Å². The predicted octanol–water partition coefficient (Wildman–Crippen LogP) is 4.22. The minimum Gasteiger partial charge on any atom is -0.395 e. The first kappa shape index (κ1) is 16.3. The van der Waals surface area contributed by atoms with Gasteiger partial charge in [0.05, 0.1) is 29.8 Å². The summed E-state index contributed by atoms with van der Waals surface area (Å²) < 4.78 is 0. The van der Waals surface area contributed by atoms with Crippen molar-refractivity contribution in [2.75, 3.05) is 13.2 Å². The highest BCUT2D eigenvalue weighted by atomic mass is 16.3. The highest BCUT2D eigenvalue weighted by molar-refractivity contribution is 6.39. The molecule has 0 saturated carbocycles. The summed E-state index contributed by atoms with van der Waals surface area (Å²) in [6.45, 7) is -0.274. The summed E-state index contributed by atoms with van der Waals surface area (Å²) in [5.74, 6) is -0.684. The number of carbonyl (C=O) groups is 2. The molecule has 2 amide bonds. The molecule has 0 radical (unpaired) electrons. The van der Waals surface area contributed by atoms with Crippen molar-refractivity contribution in [2.24, 2.45) is 0 Å². The lowest BCUT2D eigenvalue weighted by atomic mass is 9.91. The number of fused-ring (bicyclic) bond motifs is 10. The number of imide groups is 1. The molecule has 6 rings (SSSR count). The summed E-state index contributed by atoms with van der Waals surface area (Å²) in [5, 5.41) is 14.8. The van der Waals surface area contributed by atoms with Crippen LogP contribution in [0, 0.1) is 0 Å². The lowest BCUT2D eigenvalue weighted by Crippen LogP contribution is -2.32. The smallest absolute Gasteiger partial charge is 0.262 e. The topological polar surface area (TPSA) is 73.4 Å². The average Bonchev–Trinajstić information content (AvgIpc) is 3.25. The molecule has 4 aromatic carbocycles. The Hall–Kier alpha value is -3.70. The standard InChI is InChI=1S/C24H16N2O3/c27-12-11-26-23(28)20-18-14-6-2-1-5-13(14)9-10-16(18)22-19(21(20)24(26)29)15-7-3-4-8-17(15)25-22/h1-10,25,27H,11-12H2. The number of hydrogen-bond donors (Lipinski definition) is 2. The van der Waals surface area contributed by atoms with Crippen molar-refractivity contribution in [1.82, 2.24) is 9.88 Å². The fourth-order valence-electron chi connectivity index (χ4n) is 4.70. The number of nitrogens with one attached hydrogen (secondary N) is 1. The first-order valence-corrected chi connectivity index (χ1v) is 9.55. The van der Waals surface area contributed by atoms with E-state index in [1.54, 1.807) is 0 Å². The second-order valence-corrected chi connectivity index (χ2v) is 7.37. The lowest BCUT2D eigenvalue weighted by molar-refractivity contribution is 0.0625. The Morgan fingerprint density at radius 2 is 1.45 bits per heavy atom. The number of aliphatic hydroxyl groups excluding tert-OH is 1. The Labute approximate surface area is 165 Å². The van der Waals surface area contributed by atoms with E-state index < -0.39 is 0 Å². The van der Waals surface area contributed by atoms with E-state index in [4.69, 9.17) is 0 Å². The summed E-state index contributed by atoms with van der Waals surface area (Å²) in [7, 11) is 0. The second kappa shape index (κ2) is 5.65. The van der Waals surface area contributed by atoms with E-state index in [-0.39, 0.29) is 25.0 Å². The number of nitrogens with zero attached hydrogens (tertiary/aromatic N) is 1. The minimum atomic E-state index is -0.344. The number of H-pyrrole nitrogens is 1. The molecule has 2 heterocycles. The third-order valence-corrected chi connectivity index (χ3v) is 5.90. The van der Waals surface area contributed by atoms with Crippen LogP contribution in [0.15, 0.2) is 60.7 Å². The van der Waals surface area contributed by atoms with Gasteiger partial charge in [-0.1, -0.05) is 54.6 Å². The Bertz CT molecular complexity index is 1510. The zero-order chi connectivity index (χ0) is 19.7. The molecule has 0 bridgehead atoms. The normalized spacial score (nSPS) is 14.0. The number of rotatable bonds is 2. The van der Waals surface area contributed by atoms with Crippen molar-refractivity contribution in [2.45, 2.75) is 0 Å². The van der Waals surface area contributed by atoms with Gasteiger partial charge in [-0.15, -0.1) is 0 Å². The third-order valence-electron chi connectivity index (χ3n) is 5.90. The molecular formula is C24H16N2O3. The maximum absolute atomic E-state index is 13.3. The summed E-state index contributed by atoms with van der Waals surface area (Å²) in [6.07, 6.45) is 0. The lowest BCUT2D eigenvalue weighted by Gasteiger charge is -2.11. The molecule has 0 unspecified atom stereocenters. The van der Waals surface area contributed by atoms with E-state index in [0.29, 0.717) is 11.1 Å². The molecule has 2 N–H and O–H groups in total. The van der Waals surface area contributed by atoms with Gasteiger partial charge in [-0.25, -0.2) is 0 Å². The second-order valence-electron chi connectivity index (χ2n) is 7.37. The van der Waals surface area contributed by atoms with Gasteiger partial charge in [-0.3, -0.25) is 14.5 Å². The fraction of sp³-hybridized carbons (Fsp3) is 0.0833. The van der Waals surface area contributed by atoms with Crippen molar-refractivity contribution in [1.29, 1.82) is 0 Å². The van der Waals surface area contributed by atoms with Crippen LogP contribution in [0.2, 0.25) is 0 Å². The van der Waals surface area contributed by atoms with Crippen molar-refractivity contribution < 1.29 is 14.7 Å². The van der Waals surface area contributed by atoms with E-state index in [0.717, 1.165) is 48.3 Å². The summed E-state index contributed by atoms with van der Waals surface area (Å²) in [4.78, 5) is 31.3. The van der Waals surface area contributed by atoms with E-state index in [2.05, 4.69) is 4.98 Å². The molecule has 5 aromatic rings. The molecule has 29 heavy (non-hydrogen) atoms. The number of amides is 2. The molecule has 0 aliphatic carbocycles. The first-order chi connectivity index (χ1) is 14.2. The van der Waals surface area contributed by atoms with Crippen LogP contribution >= 0.6 is 0 Å². The number of β-amino-alcohol motifs (C(OH)–C–C–N with tert-alkyl or cyclic N) is 1. The number of aromatic nitrogens is 1. The molecule has 5 nitrogen and oxygen atoms in total. The highest BCUT2D eigenvalue weighted by Gasteiger charge is 2.39. The van der Waals surface area contributed by atoms with Gasteiger partial charge in [0.25, 0.3) is 11.8 Å². The van der Waals surface area contributed by atoms with Gasteiger partial charge in [0.15, 0.2) is 0 Å². The number of para-hydroxylation sites is 1. The molecule has 5 heteroatoms. The van der Waals surface area contributed by atoms with Gasteiger partial charge in [-0.2, -0.15) is 0 Å². The highest BCUT2D eigenvalue weighted by Crippen LogP contribution is 2.43. The molecule has 1 aromatic heterocycles. The number of benzene rings is 4. The molecule has 1 aliphatic heterocycles. The van der Waals surface area contributed by atoms with E-state index >= 15 is 0 Å². The van der Waals surface area contributed by atoms with Crippen LogP contribution in [0.5, 0.6) is 0 Å². The Morgan fingerprint density at radius 1 is 0.759 bits per heavy atom. The quantitative estimate of drug-likeness (QED) is 0.356. The van der Waals surface area contributed by atoms with Crippen LogP contribution in [0.25, 0.3) is 43.4 Å². The van der Waals surface area contributed by atoms with Gasteiger partial charge in [-0.05, 0) is 16.8 Å². The minimum absolute atomic E-state index is 0.0115. The molecule has 0 atom stereocenters. The number of carbonyl (C=O) groups excluding carboxylic acids is 2.